The molecule has 0 radical (unpaired) electrons. The fraction of sp³-hybridized carbons (Fsp3) is 0.684. The molecule has 1 aliphatic rings. The third-order valence-corrected chi connectivity index (χ3v) is 3.70. The van der Waals surface area contributed by atoms with E-state index in [1.165, 1.54) is 6.92 Å². The number of esters is 4. The monoisotopic (exact) mass is 414 g/mol. The van der Waals surface area contributed by atoms with Gasteiger partial charge >= 0.3 is 23.9 Å². The molecule has 5 atom stereocenters. The van der Waals surface area contributed by atoms with Crippen LogP contribution in [0.1, 0.15) is 40.5 Å². The van der Waals surface area contributed by atoms with Crippen molar-refractivity contribution in [3.8, 4) is 12.3 Å². The first-order valence-corrected chi connectivity index (χ1v) is 9.01. The van der Waals surface area contributed by atoms with E-state index in [-0.39, 0.29) is 13.2 Å². The van der Waals surface area contributed by atoms with Gasteiger partial charge in [-0.15, -0.1) is 12.3 Å². The predicted molar refractivity (Wildman–Crippen MR) is 96.0 cm³/mol. The Hall–Kier alpha value is -2.64. The lowest BCUT2D eigenvalue weighted by Crippen LogP contribution is -2.63. The van der Waals surface area contributed by atoms with E-state index in [1.807, 2.05) is 0 Å². The molecule has 0 spiro atoms. The van der Waals surface area contributed by atoms with E-state index in [1.54, 1.807) is 0 Å². The highest BCUT2D eigenvalue weighted by atomic mass is 16.7. The molecule has 0 aromatic heterocycles. The fourth-order valence-electron chi connectivity index (χ4n) is 2.70. The van der Waals surface area contributed by atoms with E-state index in [0.717, 1.165) is 20.8 Å². The lowest BCUT2D eigenvalue weighted by Gasteiger charge is -2.44. The summed E-state index contributed by atoms with van der Waals surface area (Å²) in [4.78, 5) is 46.1. The molecule has 1 fully saturated rings. The van der Waals surface area contributed by atoms with E-state index in [0.29, 0.717) is 12.8 Å². The average Bonchev–Trinajstić information content (AvgIpc) is 2.60. The van der Waals surface area contributed by atoms with Gasteiger partial charge in [0.1, 0.15) is 12.7 Å². The van der Waals surface area contributed by atoms with Gasteiger partial charge in [0.25, 0.3) is 0 Å². The predicted octanol–water partition coefficient (Wildman–Crippen LogP) is 0.500. The molecular weight excluding hydrogens is 388 g/mol. The summed E-state index contributed by atoms with van der Waals surface area (Å²) in [5.74, 6) is -0.214. The molecule has 0 N–H and O–H groups in total. The number of terminal acetylenes is 1. The second-order valence-corrected chi connectivity index (χ2v) is 6.25. The summed E-state index contributed by atoms with van der Waals surface area (Å²) in [5, 5.41) is 0. The standard InChI is InChI=1S/C19H26O10/c1-6-7-8-9-24-19-18(28-14(5)23)17(27-13(4)22)16(26-12(3)21)15(29-19)10-25-11(2)20/h1,15-19H,7-10H2,2-5H3/t15-,16-,17+,18-,19-/m1/s1. The largest absolute Gasteiger partial charge is 0.463 e. The number of carbonyl (C=O) groups excluding carboxylic acids is 4. The molecule has 0 amide bonds. The van der Waals surface area contributed by atoms with Gasteiger partial charge in [-0.05, 0) is 6.42 Å². The van der Waals surface area contributed by atoms with Crippen LogP contribution < -0.4 is 0 Å². The van der Waals surface area contributed by atoms with Crippen LogP contribution >= 0.6 is 0 Å². The van der Waals surface area contributed by atoms with Crippen LogP contribution in [0, 0.1) is 12.3 Å². The van der Waals surface area contributed by atoms with Crippen LogP contribution in [-0.2, 0) is 47.6 Å². The van der Waals surface area contributed by atoms with Crippen molar-refractivity contribution in [2.24, 2.45) is 0 Å². The van der Waals surface area contributed by atoms with Crippen LogP contribution in [0.25, 0.3) is 0 Å². The van der Waals surface area contributed by atoms with E-state index in [2.05, 4.69) is 5.92 Å². The lowest BCUT2D eigenvalue weighted by atomic mass is 9.98. The highest BCUT2D eigenvalue weighted by molar-refractivity contribution is 5.68. The molecule has 0 saturated carbocycles. The smallest absolute Gasteiger partial charge is 0.303 e. The minimum absolute atomic E-state index is 0.165. The SMILES string of the molecule is C#CCCCO[C@@H]1O[C@H](COC(C)=O)[C@@H](OC(C)=O)[C@H](OC(C)=O)[C@H]1OC(C)=O. The zero-order valence-corrected chi connectivity index (χ0v) is 16.9. The van der Waals surface area contributed by atoms with Gasteiger partial charge in [0, 0.05) is 34.1 Å². The second kappa shape index (κ2) is 12.0. The van der Waals surface area contributed by atoms with Crippen molar-refractivity contribution in [2.75, 3.05) is 13.2 Å². The Morgan fingerprint density at radius 3 is 1.93 bits per heavy atom. The van der Waals surface area contributed by atoms with Gasteiger partial charge in [-0.1, -0.05) is 0 Å². The molecule has 29 heavy (non-hydrogen) atoms. The Kier molecular flexibility index (Phi) is 10.1. The van der Waals surface area contributed by atoms with E-state index >= 15 is 0 Å². The van der Waals surface area contributed by atoms with Gasteiger partial charge in [0.15, 0.2) is 24.6 Å². The summed E-state index contributed by atoms with van der Waals surface area (Å²) in [6.45, 7) is 4.51. The van der Waals surface area contributed by atoms with Crippen LogP contribution in [0.4, 0.5) is 0 Å². The van der Waals surface area contributed by atoms with E-state index in [9.17, 15) is 19.2 Å². The van der Waals surface area contributed by atoms with Gasteiger partial charge in [0.2, 0.25) is 0 Å². The minimum atomic E-state index is -1.24. The number of hydrogen-bond acceptors (Lipinski definition) is 10. The molecule has 10 heteroatoms. The van der Waals surface area contributed by atoms with Gasteiger partial charge < -0.3 is 28.4 Å². The zero-order chi connectivity index (χ0) is 22.0. The first-order valence-electron chi connectivity index (χ1n) is 9.01. The molecule has 1 aliphatic heterocycles. The number of unbranched alkanes of at least 4 members (excludes halogenated alkanes) is 1. The van der Waals surface area contributed by atoms with Crippen molar-refractivity contribution < 1.29 is 47.6 Å². The highest BCUT2D eigenvalue weighted by Crippen LogP contribution is 2.30. The van der Waals surface area contributed by atoms with Crippen LogP contribution in [0.2, 0.25) is 0 Å². The first kappa shape index (κ1) is 24.4. The third-order valence-electron chi connectivity index (χ3n) is 3.70. The number of hydrogen-bond donors (Lipinski definition) is 0. The van der Waals surface area contributed by atoms with Crippen molar-refractivity contribution in [1.82, 2.24) is 0 Å². The third kappa shape index (κ3) is 8.50. The van der Waals surface area contributed by atoms with Crippen molar-refractivity contribution in [2.45, 2.75) is 71.2 Å². The van der Waals surface area contributed by atoms with Crippen molar-refractivity contribution in [3.05, 3.63) is 0 Å². The van der Waals surface area contributed by atoms with Crippen molar-refractivity contribution in [3.63, 3.8) is 0 Å². The van der Waals surface area contributed by atoms with Gasteiger partial charge in [-0.2, -0.15) is 0 Å². The minimum Gasteiger partial charge on any atom is -0.463 e. The van der Waals surface area contributed by atoms with Gasteiger partial charge in [-0.25, -0.2) is 0 Å². The highest BCUT2D eigenvalue weighted by Gasteiger charge is 2.52. The summed E-state index contributed by atoms with van der Waals surface area (Å²) in [6.07, 6.45) is 0.293. The lowest BCUT2D eigenvalue weighted by molar-refractivity contribution is -0.308. The normalized spacial score (nSPS) is 26.0. The number of carbonyl (C=O) groups is 4. The maximum atomic E-state index is 11.7. The van der Waals surface area contributed by atoms with E-state index in [4.69, 9.17) is 34.8 Å². The van der Waals surface area contributed by atoms with E-state index < -0.39 is 54.6 Å². The van der Waals surface area contributed by atoms with Crippen LogP contribution in [0.15, 0.2) is 0 Å². The first-order chi connectivity index (χ1) is 13.6. The van der Waals surface area contributed by atoms with Crippen LogP contribution in [0.5, 0.6) is 0 Å². The summed E-state index contributed by atoms with van der Waals surface area (Å²) in [7, 11) is 0. The molecule has 0 aromatic rings. The van der Waals surface area contributed by atoms with Crippen LogP contribution in [-0.4, -0.2) is 67.8 Å². The second-order valence-electron chi connectivity index (χ2n) is 6.25. The Morgan fingerprint density at radius 2 is 1.41 bits per heavy atom. The summed E-state index contributed by atoms with van der Waals surface area (Å²) < 4.78 is 32.1. The molecule has 10 nitrogen and oxygen atoms in total. The summed E-state index contributed by atoms with van der Waals surface area (Å²) in [5.41, 5.74) is 0. The topological polar surface area (TPSA) is 124 Å². The average molecular weight is 414 g/mol. The Balaban J connectivity index is 3.19. The molecule has 0 unspecified atom stereocenters. The molecule has 0 bridgehead atoms. The maximum Gasteiger partial charge on any atom is 0.303 e. The molecule has 0 aromatic carbocycles. The quantitative estimate of drug-likeness (QED) is 0.228. The van der Waals surface area contributed by atoms with Crippen LogP contribution in [0.3, 0.4) is 0 Å². The Labute approximate surface area is 169 Å². The molecule has 1 saturated heterocycles. The maximum absolute atomic E-state index is 11.7. The molecule has 162 valence electrons. The molecular formula is C19H26O10. The fourth-order valence-corrected chi connectivity index (χ4v) is 2.70. The Bertz CT molecular complexity index is 637. The van der Waals surface area contributed by atoms with Gasteiger partial charge in [-0.3, -0.25) is 19.2 Å². The molecule has 1 rings (SSSR count). The zero-order valence-electron chi connectivity index (χ0n) is 16.9. The molecule has 0 aliphatic carbocycles. The van der Waals surface area contributed by atoms with Crippen molar-refractivity contribution >= 4 is 23.9 Å². The Morgan fingerprint density at radius 1 is 0.862 bits per heavy atom. The summed E-state index contributed by atoms with van der Waals surface area (Å²) in [6, 6.07) is 0. The number of ether oxygens (including phenoxy) is 6. The molecule has 1 heterocycles. The van der Waals surface area contributed by atoms with Gasteiger partial charge in [0.05, 0.1) is 6.61 Å². The van der Waals surface area contributed by atoms with Crippen molar-refractivity contribution in [1.29, 1.82) is 0 Å². The summed E-state index contributed by atoms with van der Waals surface area (Å²) >= 11 is 0. The number of rotatable bonds is 9.